The summed E-state index contributed by atoms with van der Waals surface area (Å²) in [6.45, 7) is 6.17. The fraction of sp³-hybridized carbons (Fsp3) is 0.588. The first-order valence-corrected chi connectivity index (χ1v) is 7.52. The summed E-state index contributed by atoms with van der Waals surface area (Å²) < 4.78 is 0. The number of carbonyl (C=O) groups is 1. The number of carbonyl (C=O) groups excluding carboxylic acids is 1. The van der Waals surface area contributed by atoms with Crippen LogP contribution in [0.2, 0.25) is 0 Å². The van der Waals surface area contributed by atoms with E-state index in [1.807, 2.05) is 19.9 Å². The minimum Gasteiger partial charge on any atom is -0.347 e. The van der Waals surface area contributed by atoms with Crippen LogP contribution in [0, 0.1) is 12.8 Å². The summed E-state index contributed by atoms with van der Waals surface area (Å²) in [5.41, 5.74) is 8.05. The van der Waals surface area contributed by atoms with E-state index < -0.39 is 0 Å². The summed E-state index contributed by atoms with van der Waals surface area (Å²) >= 11 is 0. The third kappa shape index (κ3) is 3.60. The van der Waals surface area contributed by atoms with Gasteiger partial charge >= 0.3 is 0 Å². The molecule has 0 aromatic heterocycles. The van der Waals surface area contributed by atoms with Crippen LogP contribution < -0.4 is 11.1 Å². The van der Waals surface area contributed by atoms with Crippen molar-refractivity contribution in [2.24, 2.45) is 11.7 Å². The molecule has 0 spiro atoms. The van der Waals surface area contributed by atoms with Crippen molar-refractivity contribution in [1.29, 1.82) is 0 Å². The fourth-order valence-corrected chi connectivity index (χ4v) is 3.06. The van der Waals surface area contributed by atoms with Gasteiger partial charge < -0.3 is 11.1 Å². The topological polar surface area (TPSA) is 55.1 Å². The van der Waals surface area contributed by atoms with Crippen molar-refractivity contribution in [1.82, 2.24) is 5.32 Å². The first kappa shape index (κ1) is 15.0. The van der Waals surface area contributed by atoms with Crippen molar-refractivity contribution in [2.75, 3.05) is 0 Å². The van der Waals surface area contributed by atoms with Crippen LogP contribution in [0.3, 0.4) is 0 Å². The fourth-order valence-electron chi connectivity index (χ4n) is 3.06. The van der Waals surface area contributed by atoms with Gasteiger partial charge in [-0.15, -0.1) is 0 Å². The van der Waals surface area contributed by atoms with Gasteiger partial charge in [0, 0.05) is 12.5 Å². The van der Waals surface area contributed by atoms with E-state index in [0.29, 0.717) is 12.3 Å². The highest BCUT2D eigenvalue weighted by Crippen LogP contribution is 2.28. The second kappa shape index (κ2) is 5.96. The first-order chi connectivity index (χ1) is 9.38. The van der Waals surface area contributed by atoms with Gasteiger partial charge in [0.1, 0.15) is 0 Å². The Balaban J connectivity index is 1.98. The van der Waals surface area contributed by atoms with Crippen LogP contribution in [-0.4, -0.2) is 11.9 Å². The van der Waals surface area contributed by atoms with E-state index >= 15 is 0 Å². The summed E-state index contributed by atoms with van der Waals surface area (Å²) in [5, 5.41) is 3.15. The van der Waals surface area contributed by atoms with Crippen molar-refractivity contribution in [2.45, 2.75) is 58.0 Å². The number of nitrogens with one attached hydrogen (secondary N) is 1. The van der Waals surface area contributed by atoms with E-state index in [1.165, 1.54) is 5.56 Å². The lowest BCUT2D eigenvalue weighted by Gasteiger charge is -2.28. The maximum absolute atomic E-state index is 12.3. The number of hydrogen-bond acceptors (Lipinski definition) is 2. The number of hydrogen-bond donors (Lipinski definition) is 2. The molecule has 0 saturated heterocycles. The van der Waals surface area contributed by atoms with E-state index in [4.69, 9.17) is 5.73 Å². The third-order valence-electron chi connectivity index (χ3n) is 4.36. The standard InChI is InChI=1S/C17H26N2O/c1-12-6-4-8-14(10-12)17(2,3)19-16(20)11-13-7-5-9-15(13)18/h4,6,8,10,13,15H,5,7,9,11,18H2,1-3H3,(H,19,20)/t13-,15+/m0/s1. The summed E-state index contributed by atoms with van der Waals surface area (Å²) in [4.78, 5) is 12.3. The predicted octanol–water partition coefficient (Wildman–Crippen LogP) is 2.86. The van der Waals surface area contributed by atoms with Crippen LogP contribution >= 0.6 is 0 Å². The van der Waals surface area contributed by atoms with Crippen molar-refractivity contribution >= 4 is 5.91 Å². The molecule has 20 heavy (non-hydrogen) atoms. The van der Waals surface area contributed by atoms with Crippen molar-refractivity contribution in [3.63, 3.8) is 0 Å². The van der Waals surface area contributed by atoms with E-state index in [9.17, 15) is 4.79 Å². The number of amides is 1. The second-order valence-corrected chi connectivity index (χ2v) is 6.60. The zero-order valence-corrected chi connectivity index (χ0v) is 12.8. The summed E-state index contributed by atoms with van der Waals surface area (Å²) in [6.07, 6.45) is 3.84. The van der Waals surface area contributed by atoms with Crippen LogP contribution in [0.5, 0.6) is 0 Å². The second-order valence-electron chi connectivity index (χ2n) is 6.60. The molecule has 3 N–H and O–H groups in total. The molecule has 110 valence electrons. The average Bonchev–Trinajstić information content (AvgIpc) is 2.74. The molecule has 3 heteroatoms. The molecule has 1 fully saturated rings. The molecule has 1 aromatic carbocycles. The SMILES string of the molecule is Cc1cccc(C(C)(C)NC(=O)C[C@@H]2CCC[C@H]2N)c1. The molecule has 0 heterocycles. The molecule has 1 amide bonds. The van der Waals surface area contributed by atoms with Crippen LogP contribution in [-0.2, 0) is 10.3 Å². The molecular weight excluding hydrogens is 248 g/mol. The zero-order chi connectivity index (χ0) is 14.8. The van der Waals surface area contributed by atoms with E-state index in [2.05, 4.69) is 30.4 Å². The lowest BCUT2D eigenvalue weighted by Crippen LogP contribution is -2.42. The monoisotopic (exact) mass is 274 g/mol. The molecule has 1 aliphatic rings. The van der Waals surface area contributed by atoms with Gasteiger partial charge in [0.25, 0.3) is 0 Å². The van der Waals surface area contributed by atoms with Gasteiger partial charge in [0.05, 0.1) is 5.54 Å². The smallest absolute Gasteiger partial charge is 0.221 e. The largest absolute Gasteiger partial charge is 0.347 e. The Kier molecular flexibility index (Phi) is 4.48. The Morgan fingerprint density at radius 2 is 2.15 bits per heavy atom. The summed E-state index contributed by atoms with van der Waals surface area (Å²) in [7, 11) is 0. The molecule has 2 rings (SSSR count). The number of benzene rings is 1. The Morgan fingerprint density at radius 3 is 2.75 bits per heavy atom. The van der Waals surface area contributed by atoms with Gasteiger partial charge in [-0.2, -0.15) is 0 Å². The van der Waals surface area contributed by atoms with Crippen molar-refractivity contribution in [3.8, 4) is 0 Å². The van der Waals surface area contributed by atoms with Crippen molar-refractivity contribution in [3.05, 3.63) is 35.4 Å². The highest BCUT2D eigenvalue weighted by Gasteiger charge is 2.29. The van der Waals surface area contributed by atoms with Gasteiger partial charge in [-0.1, -0.05) is 36.2 Å². The Bertz CT molecular complexity index is 482. The summed E-state index contributed by atoms with van der Waals surface area (Å²) in [5.74, 6) is 0.460. The number of aryl methyl sites for hydroxylation is 1. The molecule has 0 bridgehead atoms. The van der Waals surface area contributed by atoms with Gasteiger partial charge in [0.2, 0.25) is 5.91 Å². The quantitative estimate of drug-likeness (QED) is 0.887. The van der Waals surface area contributed by atoms with E-state index in [-0.39, 0.29) is 17.5 Å². The molecule has 2 atom stereocenters. The molecular formula is C17H26N2O. The minimum absolute atomic E-state index is 0.110. The van der Waals surface area contributed by atoms with Crippen LogP contribution in [0.25, 0.3) is 0 Å². The lowest BCUT2D eigenvalue weighted by atomic mass is 9.92. The molecule has 0 radical (unpaired) electrons. The van der Waals surface area contributed by atoms with Crippen molar-refractivity contribution < 1.29 is 4.79 Å². The number of nitrogens with two attached hydrogens (primary N) is 1. The maximum Gasteiger partial charge on any atom is 0.221 e. The molecule has 1 saturated carbocycles. The van der Waals surface area contributed by atoms with Crippen LogP contribution in [0.15, 0.2) is 24.3 Å². The van der Waals surface area contributed by atoms with Gasteiger partial charge in [-0.3, -0.25) is 4.79 Å². The molecule has 0 unspecified atom stereocenters. The summed E-state index contributed by atoms with van der Waals surface area (Å²) in [6, 6.07) is 8.49. The predicted molar refractivity (Wildman–Crippen MR) is 82.3 cm³/mol. The van der Waals surface area contributed by atoms with Gasteiger partial charge in [0.15, 0.2) is 0 Å². The van der Waals surface area contributed by atoms with Crippen LogP contribution in [0.4, 0.5) is 0 Å². The normalized spacial score (nSPS) is 22.8. The third-order valence-corrected chi connectivity index (χ3v) is 4.36. The Hall–Kier alpha value is -1.35. The Morgan fingerprint density at radius 1 is 1.40 bits per heavy atom. The molecule has 0 aliphatic heterocycles. The molecule has 3 nitrogen and oxygen atoms in total. The first-order valence-electron chi connectivity index (χ1n) is 7.52. The maximum atomic E-state index is 12.3. The Labute approximate surface area is 121 Å². The van der Waals surface area contributed by atoms with Gasteiger partial charge in [-0.05, 0) is 45.1 Å². The highest BCUT2D eigenvalue weighted by molar-refractivity contribution is 5.77. The lowest BCUT2D eigenvalue weighted by molar-refractivity contribution is -0.123. The minimum atomic E-state index is -0.341. The van der Waals surface area contributed by atoms with Crippen LogP contribution in [0.1, 0.15) is 50.7 Å². The highest BCUT2D eigenvalue weighted by atomic mass is 16.1. The molecule has 1 aromatic rings. The number of rotatable bonds is 4. The zero-order valence-electron chi connectivity index (χ0n) is 12.8. The molecule has 1 aliphatic carbocycles. The average molecular weight is 274 g/mol. The van der Waals surface area contributed by atoms with Gasteiger partial charge in [-0.25, -0.2) is 0 Å². The van der Waals surface area contributed by atoms with E-state index in [0.717, 1.165) is 24.8 Å². The van der Waals surface area contributed by atoms with E-state index in [1.54, 1.807) is 0 Å².